The van der Waals surface area contributed by atoms with Gasteiger partial charge >= 0.3 is 0 Å². The van der Waals surface area contributed by atoms with Crippen LogP contribution in [0.3, 0.4) is 0 Å². The van der Waals surface area contributed by atoms with Gasteiger partial charge in [-0.3, -0.25) is 4.68 Å². The minimum atomic E-state index is -0.102. The lowest BCUT2D eigenvalue weighted by atomic mass is 10.0. The molecular formula is C14H17BrClN3. The Hall–Kier alpha value is -0.840. The van der Waals surface area contributed by atoms with Crippen LogP contribution in [0, 0.1) is 6.92 Å². The van der Waals surface area contributed by atoms with Crippen molar-refractivity contribution in [3.05, 3.63) is 50.7 Å². The molecule has 19 heavy (non-hydrogen) atoms. The number of hydrogen-bond acceptors (Lipinski definition) is 2. The molecular weight excluding hydrogens is 326 g/mol. The molecule has 1 aromatic carbocycles. The summed E-state index contributed by atoms with van der Waals surface area (Å²) in [5, 5.41) is 5.14. The van der Waals surface area contributed by atoms with Crippen molar-refractivity contribution in [3.8, 4) is 0 Å². The van der Waals surface area contributed by atoms with Gasteiger partial charge in [0.1, 0.15) is 0 Å². The van der Waals surface area contributed by atoms with Gasteiger partial charge in [0.15, 0.2) is 0 Å². The molecule has 102 valence electrons. The molecule has 3 nitrogen and oxygen atoms in total. The number of aromatic nitrogens is 2. The fraction of sp³-hybridized carbons (Fsp3) is 0.357. The summed E-state index contributed by atoms with van der Waals surface area (Å²) in [6.45, 7) is 4.93. The van der Waals surface area contributed by atoms with E-state index in [9.17, 15) is 0 Å². The van der Waals surface area contributed by atoms with E-state index in [0.717, 1.165) is 34.4 Å². The van der Waals surface area contributed by atoms with Crippen LogP contribution in [-0.4, -0.2) is 9.78 Å². The minimum Gasteiger partial charge on any atom is -0.324 e. The molecule has 0 fully saturated rings. The number of rotatable bonds is 4. The van der Waals surface area contributed by atoms with E-state index in [1.54, 1.807) is 0 Å². The van der Waals surface area contributed by atoms with Gasteiger partial charge in [-0.25, -0.2) is 0 Å². The third kappa shape index (κ3) is 3.38. The molecule has 0 bridgehead atoms. The van der Waals surface area contributed by atoms with Crippen molar-refractivity contribution in [2.24, 2.45) is 5.73 Å². The molecule has 5 heteroatoms. The molecule has 1 aromatic heterocycles. The second-order valence-electron chi connectivity index (χ2n) is 4.57. The van der Waals surface area contributed by atoms with Gasteiger partial charge in [0.05, 0.1) is 5.69 Å². The van der Waals surface area contributed by atoms with Gasteiger partial charge in [-0.1, -0.05) is 27.5 Å². The Morgan fingerprint density at radius 2 is 2.16 bits per heavy atom. The molecule has 0 saturated carbocycles. The molecule has 0 saturated heterocycles. The summed E-state index contributed by atoms with van der Waals surface area (Å²) in [4.78, 5) is 0. The summed E-state index contributed by atoms with van der Waals surface area (Å²) in [5.41, 5.74) is 9.50. The molecule has 0 aliphatic rings. The maximum absolute atomic E-state index is 6.30. The SMILES string of the molecule is CCn1nc(C)cc1CC(N)c1cc(Cl)ccc1Br. The predicted molar refractivity (Wildman–Crippen MR) is 82.4 cm³/mol. The first-order chi connectivity index (χ1) is 9.01. The zero-order valence-corrected chi connectivity index (χ0v) is 13.4. The monoisotopic (exact) mass is 341 g/mol. The molecule has 1 atom stereocenters. The maximum Gasteiger partial charge on any atom is 0.0596 e. The lowest BCUT2D eigenvalue weighted by Gasteiger charge is -2.15. The first-order valence-electron chi connectivity index (χ1n) is 6.25. The highest BCUT2D eigenvalue weighted by Gasteiger charge is 2.14. The molecule has 0 amide bonds. The van der Waals surface area contributed by atoms with E-state index in [1.807, 2.05) is 29.8 Å². The summed E-state index contributed by atoms with van der Waals surface area (Å²) in [6.07, 6.45) is 0.744. The van der Waals surface area contributed by atoms with Crippen molar-refractivity contribution in [3.63, 3.8) is 0 Å². The van der Waals surface area contributed by atoms with Crippen molar-refractivity contribution >= 4 is 27.5 Å². The normalized spacial score (nSPS) is 12.7. The van der Waals surface area contributed by atoms with Crippen molar-refractivity contribution in [1.82, 2.24) is 9.78 Å². The zero-order chi connectivity index (χ0) is 14.0. The number of nitrogens with zero attached hydrogens (tertiary/aromatic N) is 2. The molecule has 0 aliphatic heterocycles. The van der Waals surface area contributed by atoms with Crippen molar-refractivity contribution in [2.75, 3.05) is 0 Å². The summed E-state index contributed by atoms with van der Waals surface area (Å²) in [7, 11) is 0. The van der Waals surface area contributed by atoms with Crippen LogP contribution in [0.15, 0.2) is 28.7 Å². The molecule has 2 aromatic rings. The lowest BCUT2D eigenvalue weighted by molar-refractivity contribution is 0.586. The first kappa shape index (κ1) is 14.6. The van der Waals surface area contributed by atoms with Crippen LogP contribution >= 0.6 is 27.5 Å². The van der Waals surface area contributed by atoms with Crippen LogP contribution in [0.2, 0.25) is 5.02 Å². The van der Waals surface area contributed by atoms with Crippen LogP contribution in [0.4, 0.5) is 0 Å². The molecule has 0 radical (unpaired) electrons. The fourth-order valence-electron chi connectivity index (χ4n) is 2.17. The molecule has 2 rings (SSSR count). The topological polar surface area (TPSA) is 43.8 Å². The van der Waals surface area contributed by atoms with Crippen LogP contribution in [-0.2, 0) is 13.0 Å². The fourth-order valence-corrected chi connectivity index (χ4v) is 2.89. The van der Waals surface area contributed by atoms with Gasteiger partial charge in [-0.2, -0.15) is 5.10 Å². The molecule has 1 unspecified atom stereocenters. The zero-order valence-electron chi connectivity index (χ0n) is 11.0. The third-order valence-electron chi connectivity index (χ3n) is 3.07. The number of benzene rings is 1. The van der Waals surface area contributed by atoms with Crippen LogP contribution in [0.1, 0.15) is 29.9 Å². The molecule has 1 heterocycles. The van der Waals surface area contributed by atoms with Crippen molar-refractivity contribution in [1.29, 1.82) is 0 Å². The highest BCUT2D eigenvalue weighted by molar-refractivity contribution is 9.10. The maximum atomic E-state index is 6.30. The summed E-state index contributed by atoms with van der Waals surface area (Å²) < 4.78 is 2.98. The summed E-state index contributed by atoms with van der Waals surface area (Å²) in [6, 6.07) is 7.68. The van der Waals surface area contributed by atoms with Gasteiger partial charge in [-0.05, 0) is 43.7 Å². The summed E-state index contributed by atoms with van der Waals surface area (Å²) in [5.74, 6) is 0. The Labute approximate surface area is 126 Å². The van der Waals surface area contributed by atoms with E-state index in [-0.39, 0.29) is 6.04 Å². The second kappa shape index (κ2) is 6.07. The van der Waals surface area contributed by atoms with E-state index in [1.165, 1.54) is 0 Å². The van der Waals surface area contributed by atoms with E-state index in [0.29, 0.717) is 5.02 Å². The first-order valence-corrected chi connectivity index (χ1v) is 7.42. The summed E-state index contributed by atoms with van der Waals surface area (Å²) >= 11 is 9.56. The van der Waals surface area contributed by atoms with Gasteiger partial charge in [0.2, 0.25) is 0 Å². The Kier molecular flexibility index (Phi) is 4.66. The second-order valence-corrected chi connectivity index (χ2v) is 5.86. The van der Waals surface area contributed by atoms with Gasteiger partial charge in [0, 0.05) is 34.2 Å². The average molecular weight is 343 g/mol. The van der Waals surface area contributed by atoms with Crippen LogP contribution in [0.25, 0.3) is 0 Å². The third-order valence-corrected chi connectivity index (χ3v) is 4.03. The average Bonchev–Trinajstić information content (AvgIpc) is 2.72. The van der Waals surface area contributed by atoms with E-state index < -0.39 is 0 Å². The lowest BCUT2D eigenvalue weighted by Crippen LogP contribution is -2.16. The molecule has 0 spiro atoms. The highest BCUT2D eigenvalue weighted by Crippen LogP contribution is 2.27. The van der Waals surface area contributed by atoms with Crippen molar-refractivity contribution < 1.29 is 0 Å². The molecule has 0 aliphatic carbocycles. The van der Waals surface area contributed by atoms with E-state index in [4.69, 9.17) is 17.3 Å². The minimum absolute atomic E-state index is 0.102. The Balaban J connectivity index is 2.25. The largest absolute Gasteiger partial charge is 0.324 e. The Morgan fingerprint density at radius 1 is 1.42 bits per heavy atom. The highest BCUT2D eigenvalue weighted by atomic mass is 79.9. The Bertz CT molecular complexity index is 580. The van der Waals surface area contributed by atoms with E-state index >= 15 is 0 Å². The number of halogens is 2. The van der Waals surface area contributed by atoms with Crippen LogP contribution < -0.4 is 5.73 Å². The number of hydrogen-bond donors (Lipinski definition) is 1. The standard InChI is InChI=1S/C14H17BrClN3/c1-3-19-11(6-9(2)18-19)8-14(17)12-7-10(16)4-5-13(12)15/h4-7,14H,3,8,17H2,1-2H3. The van der Waals surface area contributed by atoms with Crippen LogP contribution in [0.5, 0.6) is 0 Å². The van der Waals surface area contributed by atoms with Crippen molar-refractivity contribution in [2.45, 2.75) is 32.9 Å². The quantitative estimate of drug-likeness (QED) is 0.916. The smallest absolute Gasteiger partial charge is 0.0596 e. The molecule has 2 N–H and O–H groups in total. The number of nitrogens with two attached hydrogens (primary N) is 1. The predicted octanol–water partition coefficient (Wildman–Crippen LogP) is 3.87. The Morgan fingerprint density at radius 3 is 2.84 bits per heavy atom. The van der Waals surface area contributed by atoms with Gasteiger partial charge in [-0.15, -0.1) is 0 Å². The number of aryl methyl sites for hydroxylation is 2. The van der Waals surface area contributed by atoms with Gasteiger partial charge in [0.25, 0.3) is 0 Å². The van der Waals surface area contributed by atoms with Gasteiger partial charge < -0.3 is 5.73 Å². The van der Waals surface area contributed by atoms with E-state index in [2.05, 4.69) is 34.0 Å².